The molecular formula is C18H24N2O. The lowest BCUT2D eigenvalue weighted by molar-refractivity contribution is 0.399. The summed E-state index contributed by atoms with van der Waals surface area (Å²) in [6, 6.07) is 11.1. The van der Waals surface area contributed by atoms with Gasteiger partial charge in [0.1, 0.15) is 5.75 Å². The van der Waals surface area contributed by atoms with Crippen molar-refractivity contribution in [1.82, 2.24) is 10.3 Å². The van der Waals surface area contributed by atoms with E-state index >= 15 is 0 Å². The van der Waals surface area contributed by atoms with Crippen LogP contribution in [-0.4, -0.2) is 19.1 Å². The number of hydrogen-bond acceptors (Lipinski definition) is 3. The molecule has 1 aromatic carbocycles. The fourth-order valence-electron chi connectivity index (χ4n) is 2.49. The maximum absolute atomic E-state index is 5.41. The summed E-state index contributed by atoms with van der Waals surface area (Å²) in [5, 5.41) is 3.37. The molecule has 0 saturated heterocycles. The van der Waals surface area contributed by atoms with E-state index in [1.54, 1.807) is 13.3 Å². The van der Waals surface area contributed by atoms with Crippen LogP contribution in [0.4, 0.5) is 0 Å². The molecule has 0 aliphatic carbocycles. The second-order valence-corrected chi connectivity index (χ2v) is 5.56. The van der Waals surface area contributed by atoms with E-state index in [-0.39, 0.29) is 6.04 Å². The highest BCUT2D eigenvalue weighted by molar-refractivity contribution is 5.35. The summed E-state index contributed by atoms with van der Waals surface area (Å²) < 4.78 is 5.41. The van der Waals surface area contributed by atoms with Crippen LogP contribution < -0.4 is 10.1 Å². The second kappa shape index (κ2) is 7.23. The highest BCUT2D eigenvalue weighted by atomic mass is 16.5. The Labute approximate surface area is 127 Å². The lowest BCUT2D eigenvalue weighted by Gasteiger charge is -2.19. The first-order valence-corrected chi connectivity index (χ1v) is 7.39. The van der Waals surface area contributed by atoms with Crippen LogP contribution in [-0.2, 0) is 6.42 Å². The summed E-state index contributed by atoms with van der Waals surface area (Å²) in [5.41, 5.74) is 3.84. The third kappa shape index (κ3) is 3.82. The molecule has 3 heteroatoms. The Morgan fingerprint density at radius 3 is 2.43 bits per heavy atom. The maximum atomic E-state index is 5.41. The Kier molecular flexibility index (Phi) is 5.34. The van der Waals surface area contributed by atoms with Gasteiger partial charge in [-0.2, -0.15) is 0 Å². The number of nitrogens with one attached hydrogen (secondary N) is 1. The molecule has 0 bridgehead atoms. The van der Waals surface area contributed by atoms with Crippen LogP contribution in [0.1, 0.15) is 42.5 Å². The SMILES string of the molecule is CNC(Cc1ccc(C(C)C)cc1)c1ccncc1OC. The van der Waals surface area contributed by atoms with Crippen molar-refractivity contribution in [3.05, 3.63) is 59.4 Å². The van der Waals surface area contributed by atoms with E-state index < -0.39 is 0 Å². The number of pyridine rings is 1. The first-order chi connectivity index (χ1) is 10.2. The summed E-state index contributed by atoms with van der Waals surface area (Å²) in [6.07, 6.45) is 4.50. The van der Waals surface area contributed by atoms with Crippen molar-refractivity contribution in [2.75, 3.05) is 14.2 Å². The molecule has 0 spiro atoms. The van der Waals surface area contributed by atoms with Gasteiger partial charge in [-0.05, 0) is 36.6 Å². The number of aromatic nitrogens is 1. The van der Waals surface area contributed by atoms with Crippen molar-refractivity contribution in [3.63, 3.8) is 0 Å². The van der Waals surface area contributed by atoms with E-state index in [0.29, 0.717) is 5.92 Å². The van der Waals surface area contributed by atoms with Crippen molar-refractivity contribution >= 4 is 0 Å². The topological polar surface area (TPSA) is 34.2 Å². The minimum atomic E-state index is 0.216. The molecule has 21 heavy (non-hydrogen) atoms. The maximum Gasteiger partial charge on any atom is 0.141 e. The van der Waals surface area contributed by atoms with Crippen molar-refractivity contribution in [3.8, 4) is 5.75 Å². The van der Waals surface area contributed by atoms with Gasteiger partial charge in [0.05, 0.1) is 13.3 Å². The van der Waals surface area contributed by atoms with Crippen LogP contribution in [0.5, 0.6) is 5.75 Å². The molecule has 1 N–H and O–H groups in total. The Bertz CT molecular complexity index is 564. The zero-order valence-electron chi connectivity index (χ0n) is 13.3. The van der Waals surface area contributed by atoms with Crippen LogP contribution in [0.2, 0.25) is 0 Å². The molecule has 112 valence electrons. The number of hydrogen-bond donors (Lipinski definition) is 1. The average Bonchev–Trinajstić information content (AvgIpc) is 2.53. The van der Waals surface area contributed by atoms with E-state index in [4.69, 9.17) is 4.74 Å². The zero-order valence-corrected chi connectivity index (χ0v) is 13.3. The van der Waals surface area contributed by atoms with Crippen molar-refractivity contribution in [2.24, 2.45) is 0 Å². The van der Waals surface area contributed by atoms with E-state index in [2.05, 4.69) is 48.4 Å². The first-order valence-electron chi connectivity index (χ1n) is 7.39. The lowest BCUT2D eigenvalue weighted by Crippen LogP contribution is -2.19. The highest BCUT2D eigenvalue weighted by Gasteiger charge is 2.15. The van der Waals surface area contributed by atoms with Crippen LogP contribution in [0.25, 0.3) is 0 Å². The van der Waals surface area contributed by atoms with Gasteiger partial charge in [-0.3, -0.25) is 4.98 Å². The molecule has 2 aromatic rings. The Balaban J connectivity index is 2.19. The van der Waals surface area contributed by atoms with E-state index in [1.165, 1.54) is 11.1 Å². The summed E-state index contributed by atoms with van der Waals surface area (Å²) in [5.74, 6) is 1.40. The number of rotatable bonds is 6. The largest absolute Gasteiger partial charge is 0.495 e. The van der Waals surface area contributed by atoms with Crippen LogP contribution in [0.3, 0.4) is 0 Å². The Hall–Kier alpha value is -1.87. The normalized spacial score (nSPS) is 12.4. The number of nitrogens with zero attached hydrogens (tertiary/aromatic N) is 1. The van der Waals surface area contributed by atoms with E-state index in [9.17, 15) is 0 Å². The van der Waals surface area contributed by atoms with Crippen molar-refractivity contribution < 1.29 is 4.74 Å². The van der Waals surface area contributed by atoms with Gasteiger partial charge in [0, 0.05) is 17.8 Å². The quantitative estimate of drug-likeness (QED) is 0.878. The molecule has 2 rings (SSSR count). The molecule has 1 aromatic heterocycles. The van der Waals surface area contributed by atoms with Gasteiger partial charge in [0.15, 0.2) is 0 Å². The van der Waals surface area contributed by atoms with E-state index in [1.807, 2.05) is 19.3 Å². The number of methoxy groups -OCH3 is 1. The molecule has 0 fully saturated rings. The third-order valence-electron chi connectivity index (χ3n) is 3.85. The number of likely N-dealkylation sites (N-methyl/N-ethyl adjacent to an activating group) is 1. The Morgan fingerprint density at radius 1 is 1.14 bits per heavy atom. The molecule has 1 atom stereocenters. The van der Waals surface area contributed by atoms with Gasteiger partial charge in [-0.25, -0.2) is 0 Å². The summed E-state index contributed by atoms with van der Waals surface area (Å²) in [6.45, 7) is 4.43. The summed E-state index contributed by atoms with van der Waals surface area (Å²) in [7, 11) is 3.66. The Morgan fingerprint density at radius 2 is 1.86 bits per heavy atom. The van der Waals surface area contributed by atoms with Crippen molar-refractivity contribution in [2.45, 2.75) is 32.2 Å². The fraction of sp³-hybridized carbons (Fsp3) is 0.389. The molecule has 0 radical (unpaired) electrons. The predicted molar refractivity (Wildman–Crippen MR) is 86.8 cm³/mol. The van der Waals surface area contributed by atoms with Crippen LogP contribution in [0.15, 0.2) is 42.7 Å². The molecule has 0 amide bonds. The van der Waals surface area contributed by atoms with Gasteiger partial charge in [0.25, 0.3) is 0 Å². The fourth-order valence-corrected chi connectivity index (χ4v) is 2.49. The van der Waals surface area contributed by atoms with Crippen LogP contribution in [0, 0.1) is 0 Å². The smallest absolute Gasteiger partial charge is 0.141 e. The van der Waals surface area contributed by atoms with Gasteiger partial charge in [-0.15, -0.1) is 0 Å². The van der Waals surface area contributed by atoms with Gasteiger partial charge in [0.2, 0.25) is 0 Å². The van der Waals surface area contributed by atoms with E-state index in [0.717, 1.165) is 17.7 Å². The molecule has 1 unspecified atom stereocenters. The standard InChI is InChI=1S/C18H24N2O/c1-13(2)15-7-5-14(6-8-15)11-17(19-3)16-9-10-20-12-18(16)21-4/h5-10,12-13,17,19H,11H2,1-4H3. The van der Waals surface area contributed by atoms with Crippen molar-refractivity contribution in [1.29, 1.82) is 0 Å². The average molecular weight is 284 g/mol. The predicted octanol–water partition coefficient (Wildman–Crippen LogP) is 3.72. The second-order valence-electron chi connectivity index (χ2n) is 5.56. The minimum absolute atomic E-state index is 0.216. The lowest BCUT2D eigenvalue weighted by atomic mass is 9.96. The molecule has 3 nitrogen and oxygen atoms in total. The monoisotopic (exact) mass is 284 g/mol. The molecule has 0 aliphatic heterocycles. The first kappa shape index (κ1) is 15.5. The number of benzene rings is 1. The van der Waals surface area contributed by atoms with Gasteiger partial charge >= 0.3 is 0 Å². The molecular weight excluding hydrogens is 260 g/mol. The molecule has 0 aliphatic rings. The zero-order chi connectivity index (χ0) is 15.2. The third-order valence-corrected chi connectivity index (χ3v) is 3.85. The van der Waals surface area contributed by atoms with Gasteiger partial charge < -0.3 is 10.1 Å². The summed E-state index contributed by atoms with van der Waals surface area (Å²) >= 11 is 0. The highest BCUT2D eigenvalue weighted by Crippen LogP contribution is 2.26. The van der Waals surface area contributed by atoms with Gasteiger partial charge in [-0.1, -0.05) is 38.1 Å². The minimum Gasteiger partial charge on any atom is -0.495 e. The van der Waals surface area contributed by atoms with Crippen LogP contribution >= 0.6 is 0 Å². The molecule has 1 heterocycles. The summed E-state index contributed by atoms with van der Waals surface area (Å²) in [4.78, 5) is 4.12. The molecule has 0 saturated carbocycles. The number of ether oxygens (including phenoxy) is 1.